The molecule has 106 valence electrons. The molecule has 0 fully saturated rings. The molecular weight excluding hydrogens is 264 g/mol. The Morgan fingerprint density at radius 1 is 1.05 bits per heavy atom. The number of nitrogens with one attached hydrogen (secondary N) is 1. The number of carbonyl (C=O) groups excluding carboxylic acids is 1. The zero-order valence-electron chi connectivity index (χ0n) is 11.5. The minimum absolute atomic E-state index is 0.0613. The van der Waals surface area contributed by atoms with Crippen LogP contribution in [0.5, 0.6) is 0 Å². The van der Waals surface area contributed by atoms with Crippen LogP contribution in [0.15, 0.2) is 77.7 Å². The molecule has 0 bridgehead atoms. The van der Waals surface area contributed by atoms with E-state index in [0.29, 0.717) is 6.54 Å². The third-order valence-electron chi connectivity index (χ3n) is 3.31. The van der Waals surface area contributed by atoms with Crippen molar-refractivity contribution in [2.45, 2.75) is 12.6 Å². The topological polar surface area (TPSA) is 47.2 Å². The number of rotatable bonds is 5. The molecule has 1 amide bonds. The zero-order chi connectivity index (χ0) is 14.5. The van der Waals surface area contributed by atoms with Crippen LogP contribution in [0.1, 0.15) is 17.4 Å². The van der Waals surface area contributed by atoms with Crippen LogP contribution in [0.2, 0.25) is 0 Å². The van der Waals surface area contributed by atoms with Gasteiger partial charge in [0, 0.05) is 12.4 Å². The third kappa shape index (κ3) is 3.05. The highest BCUT2D eigenvalue weighted by Gasteiger charge is 2.21. The summed E-state index contributed by atoms with van der Waals surface area (Å²) in [7, 11) is 0. The molecule has 0 aliphatic rings. The predicted molar refractivity (Wildman–Crippen MR) is 79.6 cm³/mol. The number of amides is 1. The first-order valence-electron chi connectivity index (χ1n) is 6.82. The largest absolute Gasteiger partial charge is 0.467 e. The van der Waals surface area contributed by atoms with Gasteiger partial charge in [0.25, 0.3) is 0 Å². The summed E-state index contributed by atoms with van der Waals surface area (Å²) in [5, 5.41) is 2.92. The molecule has 21 heavy (non-hydrogen) atoms. The van der Waals surface area contributed by atoms with Gasteiger partial charge in [0.05, 0.1) is 12.8 Å². The van der Waals surface area contributed by atoms with E-state index in [1.807, 2.05) is 71.6 Å². The fraction of sp³-hybridized carbons (Fsp3) is 0.118. The average molecular weight is 280 g/mol. The Bertz CT molecular complexity index is 673. The maximum absolute atomic E-state index is 12.6. The highest BCUT2D eigenvalue weighted by Crippen LogP contribution is 2.19. The van der Waals surface area contributed by atoms with Crippen molar-refractivity contribution in [1.29, 1.82) is 0 Å². The van der Waals surface area contributed by atoms with E-state index in [2.05, 4.69) is 5.32 Å². The van der Waals surface area contributed by atoms with E-state index in [-0.39, 0.29) is 11.9 Å². The first kappa shape index (κ1) is 13.2. The molecule has 3 aromatic rings. The van der Waals surface area contributed by atoms with Gasteiger partial charge in [0.1, 0.15) is 11.8 Å². The monoisotopic (exact) mass is 280 g/mol. The zero-order valence-corrected chi connectivity index (χ0v) is 11.5. The van der Waals surface area contributed by atoms with Crippen molar-refractivity contribution in [3.05, 3.63) is 84.6 Å². The Balaban J connectivity index is 1.80. The van der Waals surface area contributed by atoms with E-state index in [9.17, 15) is 4.79 Å². The highest BCUT2D eigenvalue weighted by atomic mass is 16.3. The molecule has 0 aliphatic heterocycles. The Labute approximate surface area is 123 Å². The molecule has 1 aromatic carbocycles. The lowest BCUT2D eigenvalue weighted by atomic mass is 10.1. The molecule has 1 unspecified atom stereocenters. The van der Waals surface area contributed by atoms with Crippen molar-refractivity contribution >= 4 is 5.91 Å². The normalized spacial score (nSPS) is 12.0. The maximum atomic E-state index is 12.6. The Morgan fingerprint density at radius 3 is 2.48 bits per heavy atom. The van der Waals surface area contributed by atoms with Crippen LogP contribution in [0, 0.1) is 0 Å². The van der Waals surface area contributed by atoms with E-state index >= 15 is 0 Å². The van der Waals surface area contributed by atoms with Crippen molar-refractivity contribution in [3.8, 4) is 0 Å². The minimum atomic E-state index is -0.379. The molecular formula is C17H16N2O2. The van der Waals surface area contributed by atoms with Gasteiger partial charge in [0.2, 0.25) is 5.91 Å². The summed E-state index contributed by atoms with van der Waals surface area (Å²) in [6, 6.07) is 16.8. The number of nitrogens with zero attached hydrogens (tertiary/aromatic N) is 1. The van der Waals surface area contributed by atoms with E-state index in [1.54, 1.807) is 6.26 Å². The Kier molecular flexibility index (Phi) is 3.87. The highest BCUT2D eigenvalue weighted by molar-refractivity contribution is 5.83. The lowest BCUT2D eigenvalue weighted by Crippen LogP contribution is -2.32. The maximum Gasteiger partial charge on any atom is 0.248 e. The molecule has 2 heterocycles. The molecule has 3 rings (SSSR count). The average Bonchev–Trinajstić information content (AvgIpc) is 3.20. The third-order valence-corrected chi connectivity index (χ3v) is 3.31. The summed E-state index contributed by atoms with van der Waals surface area (Å²) in [6.07, 6.45) is 5.39. The van der Waals surface area contributed by atoms with Crippen LogP contribution in [-0.2, 0) is 11.3 Å². The second-order valence-electron chi connectivity index (χ2n) is 4.74. The first-order valence-corrected chi connectivity index (χ1v) is 6.82. The fourth-order valence-electron chi connectivity index (χ4n) is 2.30. The van der Waals surface area contributed by atoms with Gasteiger partial charge < -0.3 is 14.3 Å². The second-order valence-corrected chi connectivity index (χ2v) is 4.74. The summed E-state index contributed by atoms with van der Waals surface area (Å²) < 4.78 is 7.13. The molecule has 2 aromatic heterocycles. The summed E-state index contributed by atoms with van der Waals surface area (Å²) in [6.45, 7) is 0.385. The van der Waals surface area contributed by atoms with Crippen molar-refractivity contribution in [1.82, 2.24) is 9.88 Å². The van der Waals surface area contributed by atoms with Crippen molar-refractivity contribution in [2.75, 3.05) is 0 Å². The van der Waals surface area contributed by atoms with Gasteiger partial charge in [0.15, 0.2) is 0 Å². The molecule has 4 heteroatoms. The molecule has 0 radical (unpaired) electrons. The summed E-state index contributed by atoms with van der Waals surface area (Å²) in [5.74, 6) is 0.677. The molecule has 0 aliphatic carbocycles. The van der Waals surface area contributed by atoms with Gasteiger partial charge in [-0.2, -0.15) is 0 Å². The van der Waals surface area contributed by atoms with Gasteiger partial charge in [-0.25, -0.2) is 0 Å². The number of benzene rings is 1. The van der Waals surface area contributed by atoms with Gasteiger partial charge in [-0.1, -0.05) is 30.3 Å². The fourth-order valence-corrected chi connectivity index (χ4v) is 2.30. The number of furan rings is 1. The van der Waals surface area contributed by atoms with Gasteiger partial charge in [-0.05, 0) is 29.8 Å². The van der Waals surface area contributed by atoms with Gasteiger partial charge in [-0.15, -0.1) is 0 Å². The second kappa shape index (κ2) is 6.13. The lowest BCUT2D eigenvalue weighted by molar-refractivity contribution is -0.123. The van der Waals surface area contributed by atoms with E-state index < -0.39 is 0 Å². The van der Waals surface area contributed by atoms with Crippen LogP contribution in [0.4, 0.5) is 0 Å². The Hall–Kier alpha value is -2.75. The van der Waals surface area contributed by atoms with Crippen LogP contribution in [-0.4, -0.2) is 10.5 Å². The van der Waals surface area contributed by atoms with Crippen LogP contribution >= 0.6 is 0 Å². The summed E-state index contributed by atoms with van der Waals surface area (Å²) in [5.41, 5.74) is 0.950. The van der Waals surface area contributed by atoms with Crippen molar-refractivity contribution in [3.63, 3.8) is 0 Å². The SMILES string of the molecule is O=C(NCc1ccco1)C(c1ccccc1)n1cccc1. The van der Waals surface area contributed by atoms with Gasteiger partial charge in [-0.3, -0.25) is 4.79 Å². The lowest BCUT2D eigenvalue weighted by Gasteiger charge is -2.18. The van der Waals surface area contributed by atoms with Gasteiger partial charge >= 0.3 is 0 Å². The molecule has 0 saturated heterocycles. The molecule has 1 N–H and O–H groups in total. The van der Waals surface area contributed by atoms with E-state index in [1.165, 1.54) is 0 Å². The molecule has 0 saturated carbocycles. The number of hydrogen-bond donors (Lipinski definition) is 1. The quantitative estimate of drug-likeness (QED) is 0.781. The van der Waals surface area contributed by atoms with Crippen LogP contribution in [0.25, 0.3) is 0 Å². The predicted octanol–water partition coefficient (Wildman–Crippen LogP) is 2.99. The molecule has 0 spiro atoms. The Morgan fingerprint density at radius 2 is 1.81 bits per heavy atom. The van der Waals surface area contributed by atoms with Crippen molar-refractivity contribution < 1.29 is 9.21 Å². The van der Waals surface area contributed by atoms with E-state index in [4.69, 9.17) is 4.42 Å². The first-order chi connectivity index (χ1) is 10.3. The summed E-state index contributed by atoms with van der Waals surface area (Å²) >= 11 is 0. The molecule has 4 nitrogen and oxygen atoms in total. The number of carbonyl (C=O) groups is 1. The van der Waals surface area contributed by atoms with E-state index in [0.717, 1.165) is 11.3 Å². The minimum Gasteiger partial charge on any atom is -0.467 e. The number of hydrogen-bond acceptors (Lipinski definition) is 2. The molecule has 1 atom stereocenters. The standard InChI is InChI=1S/C17H16N2O2/c20-17(18-13-15-9-6-12-21-15)16(19-10-4-5-11-19)14-7-2-1-3-8-14/h1-12,16H,13H2,(H,18,20). The smallest absolute Gasteiger partial charge is 0.248 e. The van der Waals surface area contributed by atoms with Crippen molar-refractivity contribution in [2.24, 2.45) is 0 Å². The van der Waals surface area contributed by atoms with Crippen LogP contribution < -0.4 is 5.32 Å². The summed E-state index contributed by atoms with van der Waals surface area (Å²) in [4.78, 5) is 12.6. The number of aromatic nitrogens is 1. The van der Waals surface area contributed by atoms with Crippen LogP contribution in [0.3, 0.4) is 0 Å².